The highest BCUT2D eigenvalue weighted by Gasteiger charge is 2.25. The second-order valence-electron chi connectivity index (χ2n) is 7.46. The molecule has 3 aromatic rings. The van der Waals surface area contributed by atoms with E-state index in [2.05, 4.69) is 27.0 Å². The van der Waals surface area contributed by atoms with Gasteiger partial charge in [0.05, 0.1) is 16.9 Å². The van der Waals surface area contributed by atoms with E-state index in [0.29, 0.717) is 17.3 Å². The number of nitrogens with one attached hydrogen (secondary N) is 1. The molecule has 0 radical (unpaired) electrons. The fourth-order valence-electron chi connectivity index (χ4n) is 4.22. The van der Waals surface area contributed by atoms with Crippen LogP contribution in [0, 0.1) is 0 Å². The summed E-state index contributed by atoms with van der Waals surface area (Å²) in [5.41, 5.74) is 3.39. The molecule has 0 fully saturated rings. The van der Waals surface area contributed by atoms with Crippen molar-refractivity contribution >= 4 is 60.8 Å². The van der Waals surface area contributed by atoms with E-state index in [1.165, 1.54) is 34.2 Å². The number of H-pyrrole nitrogens is 1. The number of nitrogens with zero attached hydrogens (tertiary/aromatic N) is 2. The standard InChI is InChI=1S/C21H20BrN3O2S2/c22-13-5-6-15-12(9-13)7-8-25(15)18(26)11-28-10-17-23-20(27)19-14-3-1-2-4-16(14)29-21(19)24-17/h5-6,9H,1-4,7-8,10-11H2,(H,23,24,27). The van der Waals surface area contributed by atoms with Crippen LogP contribution in [0.5, 0.6) is 0 Å². The highest BCUT2D eigenvalue weighted by Crippen LogP contribution is 2.34. The lowest BCUT2D eigenvalue weighted by molar-refractivity contribution is -0.116. The Morgan fingerprint density at radius 3 is 3.03 bits per heavy atom. The number of aromatic nitrogens is 2. The van der Waals surface area contributed by atoms with E-state index in [0.717, 1.165) is 52.6 Å². The molecule has 29 heavy (non-hydrogen) atoms. The van der Waals surface area contributed by atoms with Crippen LogP contribution in [0.25, 0.3) is 10.2 Å². The highest BCUT2D eigenvalue weighted by atomic mass is 79.9. The monoisotopic (exact) mass is 489 g/mol. The number of thioether (sulfide) groups is 1. The van der Waals surface area contributed by atoms with Crippen molar-refractivity contribution < 1.29 is 4.79 Å². The van der Waals surface area contributed by atoms with Crippen LogP contribution >= 0.6 is 39.0 Å². The Bertz CT molecular complexity index is 1170. The number of halogens is 1. The van der Waals surface area contributed by atoms with Gasteiger partial charge in [0.1, 0.15) is 10.7 Å². The number of carbonyl (C=O) groups excluding carboxylic acids is 1. The molecular formula is C21H20BrN3O2S2. The molecule has 1 aromatic carbocycles. The number of hydrogen-bond acceptors (Lipinski definition) is 5. The lowest BCUT2D eigenvalue weighted by atomic mass is 9.97. The van der Waals surface area contributed by atoms with Gasteiger partial charge in [0.25, 0.3) is 5.56 Å². The predicted octanol–water partition coefficient (Wildman–Crippen LogP) is 4.45. The molecule has 8 heteroatoms. The van der Waals surface area contributed by atoms with Gasteiger partial charge < -0.3 is 9.88 Å². The van der Waals surface area contributed by atoms with Crippen LogP contribution in [0.4, 0.5) is 5.69 Å². The molecule has 0 unspecified atom stereocenters. The summed E-state index contributed by atoms with van der Waals surface area (Å²) in [6.07, 6.45) is 5.27. The number of carbonyl (C=O) groups is 1. The van der Waals surface area contributed by atoms with E-state index >= 15 is 0 Å². The second kappa shape index (κ2) is 7.89. The number of aromatic amines is 1. The Kier molecular flexibility index (Phi) is 5.26. The molecule has 0 saturated carbocycles. The zero-order valence-corrected chi connectivity index (χ0v) is 19.0. The van der Waals surface area contributed by atoms with Gasteiger partial charge in [-0.3, -0.25) is 9.59 Å². The summed E-state index contributed by atoms with van der Waals surface area (Å²) in [7, 11) is 0. The quantitative estimate of drug-likeness (QED) is 0.587. The molecule has 0 atom stereocenters. The normalized spacial score (nSPS) is 15.6. The van der Waals surface area contributed by atoms with Crippen molar-refractivity contribution in [3.63, 3.8) is 0 Å². The van der Waals surface area contributed by atoms with Gasteiger partial charge in [0.15, 0.2) is 0 Å². The van der Waals surface area contributed by atoms with Crippen molar-refractivity contribution in [2.24, 2.45) is 0 Å². The van der Waals surface area contributed by atoms with E-state index < -0.39 is 0 Å². The first-order valence-corrected chi connectivity index (χ1v) is 12.6. The first-order chi connectivity index (χ1) is 14.1. The molecule has 0 spiro atoms. The molecule has 0 saturated heterocycles. The number of amides is 1. The van der Waals surface area contributed by atoms with Gasteiger partial charge in [0.2, 0.25) is 5.91 Å². The van der Waals surface area contributed by atoms with Gasteiger partial charge in [-0.25, -0.2) is 4.98 Å². The van der Waals surface area contributed by atoms with Crippen LogP contribution in [-0.4, -0.2) is 28.2 Å². The maximum absolute atomic E-state index is 12.7. The average Bonchev–Trinajstić information content (AvgIpc) is 3.28. The summed E-state index contributed by atoms with van der Waals surface area (Å²) >= 11 is 6.65. The van der Waals surface area contributed by atoms with Crippen LogP contribution in [0.15, 0.2) is 27.5 Å². The molecule has 0 bridgehead atoms. The zero-order valence-electron chi connectivity index (χ0n) is 15.8. The van der Waals surface area contributed by atoms with Crippen LogP contribution in [0.1, 0.15) is 34.7 Å². The van der Waals surface area contributed by atoms with Gasteiger partial charge >= 0.3 is 0 Å². The van der Waals surface area contributed by atoms with E-state index in [1.807, 2.05) is 17.0 Å². The van der Waals surface area contributed by atoms with Crippen molar-refractivity contribution in [3.05, 3.63) is 54.9 Å². The summed E-state index contributed by atoms with van der Waals surface area (Å²) in [4.78, 5) is 37.0. The minimum atomic E-state index is -0.0321. The zero-order chi connectivity index (χ0) is 20.0. The number of anilines is 1. The smallest absolute Gasteiger partial charge is 0.259 e. The van der Waals surface area contributed by atoms with Gasteiger partial charge in [-0.15, -0.1) is 23.1 Å². The first-order valence-electron chi connectivity index (χ1n) is 9.80. The molecule has 3 heterocycles. The Balaban J connectivity index is 1.27. The highest BCUT2D eigenvalue weighted by molar-refractivity contribution is 9.10. The fraction of sp³-hybridized carbons (Fsp3) is 0.381. The van der Waals surface area contributed by atoms with Crippen molar-refractivity contribution in [3.8, 4) is 0 Å². The molecule has 2 aliphatic rings. The van der Waals surface area contributed by atoms with Crippen molar-refractivity contribution in [2.75, 3.05) is 17.2 Å². The predicted molar refractivity (Wildman–Crippen MR) is 123 cm³/mol. The fourth-order valence-corrected chi connectivity index (χ4v) is 6.67. The third-order valence-electron chi connectivity index (χ3n) is 5.58. The Morgan fingerprint density at radius 2 is 2.14 bits per heavy atom. The maximum Gasteiger partial charge on any atom is 0.259 e. The van der Waals surface area contributed by atoms with Crippen LogP contribution in [0.3, 0.4) is 0 Å². The molecule has 5 rings (SSSR count). The van der Waals surface area contributed by atoms with E-state index in [-0.39, 0.29) is 11.5 Å². The van der Waals surface area contributed by atoms with E-state index in [1.54, 1.807) is 11.3 Å². The first kappa shape index (κ1) is 19.3. The topological polar surface area (TPSA) is 66.1 Å². The molecule has 2 aromatic heterocycles. The van der Waals surface area contributed by atoms with Crippen LogP contribution in [-0.2, 0) is 29.8 Å². The van der Waals surface area contributed by atoms with Crippen LogP contribution in [0.2, 0.25) is 0 Å². The Morgan fingerprint density at radius 1 is 1.28 bits per heavy atom. The van der Waals surface area contributed by atoms with E-state index in [4.69, 9.17) is 4.98 Å². The number of aryl methyl sites for hydroxylation is 2. The molecule has 1 N–H and O–H groups in total. The van der Waals surface area contributed by atoms with Crippen molar-refractivity contribution in [2.45, 2.75) is 37.9 Å². The third kappa shape index (κ3) is 3.66. The molecule has 1 aliphatic heterocycles. The van der Waals surface area contributed by atoms with Crippen molar-refractivity contribution in [1.82, 2.24) is 9.97 Å². The largest absolute Gasteiger partial charge is 0.311 e. The summed E-state index contributed by atoms with van der Waals surface area (Å²) in [5.74, 6) is 1.66. The SMILES string of the molecule is O=C(CSCc1nc2sc3c(c2c(=O)[nH]1)CCCC3)N1CCc2cc(Br)ccc21. The Hall–Kier alpha value is -1.64. The van der Waals surface area contributed by atoms with Gasteiger partial charge in [-0.1, -0.05) is 15.9 Å². The summed E-state index contributed by atoms with van der Waals surface area (Å²) < 4.78 is 1.04. The average molecular weight is 490 g/mol. The summed E-state index contributed by atoms with van der Waals surface area (Å²) in [5, 5.41) is 0.786. The molecule has 1 amide bonds. The van der Waals surface area contributed by atoms with Gasteiger partial charge in [-0.05, 0) is 61.4 Å². The summed E-state index contributed by atoms with van der Waals surface area (Å²) in [6.45, 7) is 0.729. The van der Waals surface area contributed by atoms with Gasteiger partial charge in [0, 0.05) is 21.6 Å². The molecule has 150 valence electrons. The maximum atomic E-state index is 12.7. The number of rotatable bonds is 4. The lowest BCUT2D eigenvalue weighted by Crippen LogP contribution is -2.30. The minimum absolute atomic E-state index is 0.0321. The molecular weight excluding hydrogens is 470 g/mol. The third-order valence-corrected chi connectivity index (χ3v) is 8.18. The Labute approximate surface area is 185 Å². The van der Waals surface area contributed by atoms with Gasteiger partial charge in [-0.2, -0.15) is 0 Å². The summed E-state index contributed by atoms with van der Waals surface area (Å²) in [6, 6.07) is 6.06. The number of benzene rings is 1. The van der Waals surface area contributed by atoms with Crippen molar-refractivity contribution in [1.29, 1.82) is 0 Å². The number of hydrogen-bond donors (Lipinski definition) is 1. The second-order valence-corrected chi connectivity index (χ2v) is 10.4. The van der Waals surface area contributed by atoms with Crippen LogP contribution < -0.4 is 10.5 Å². The lowest BCUT2D eigenvalue weighted by Gasteiger charge is -2.17. The minimum Gasteiger partial charge on any atom is -0.311 e. The number of thiophene rings is 1. The van der Waals surface area contributed by atoms with E-state index in [9.17, 15) is 9.59 Å². The molecule has 1 aliphatic carbocycles. The molecule has 5 nitrogen and oxygen atoms in total. The number of fused-ring (bicyclic) bond motifs is 4.